The van der Waals surface area contributed by atoms with Crippen molar-refractivity contribution in [3.05, 3.63) is 71.5 Å². The molecule has 0 saturated heterocycles. The molecule has 2 aromatic carbocycles. The molecule has 0 spiro atoms. The molecule has 2 nitrogen and oxygen atoms in total. The van der Waals surface area contributed by atoms with Crippen LogP contribution in [0.25, 0.3) is 0 Å². The van der Waals surface area contributed by atoms with E-state index in [1.807, 2.05) is 30.3 Å². The second-order valence-corrected chi connectivity index (χ2v) is 5.79. The van der Waals surface area contributed by atoms with E-state index in [2.05, 4.69) is 5.16 Å². The number of benzene rings is 2. The quantitative estimate of drug-likeness (QED) is 0.524. The number of oxime groups is 1. The van der Waals surface area contributed by atoms with Gasteiger partial charge in [-0.3, -0.25) is 0 Å². The van der Waals surface area contributed by atoms with Crippen molar-refractivity contribution in [1.82, 2.24) is 0 Å². The van der Waals surface area contributed by atoms with Crippen molar-refractivity contribution in [3.63, 3.8) is 0 Å². The van der Waals surface area contributed by atoms with Crippen LogP contribution in [0.15, 0.2) is 59.8 Å². The smallest absolute Gasteiger partial charge is 0.142 e. The molecule has 3 rings (SSSR count). The lowest BCUT2D eigenvalue weighted by atomic mass is 10.0. The molecule has 0 radical (unpaired) electrons. The molecule has 1 aliphatic rings. The molecule has 2 aromatic rings. The lowest BCUT2D eigenvalue weighted by Crippen LogP contribution is -2.03. The normalized spacial score (nSPS) is 14.9. The third-order valence-electron chi connectivity index (χ3n) is 3.91. The Balaban J connectivity index is 1.66. The van der Waals surface area contributed by atoms with Crippen molar-refractivity contribution in [2.75, 3.05) is 0 Å². The summed E-state index contributed by atoms with van der Waals surface area (Å²) in [6.07, 6.45) is 4.65. The zero-order valence-electron chi connectivity index (χ0n) is 12.5. The summed E-state index contributed by atoms with van der Waals surface area (Å²) in [5.41, 5.74) is 2.94. The number of hydrogen-bond donors (Lipinski definition) is 0. The monoisotopic (exact) mass is 297 g/mol. The van der Waals surface area contributed by atoms with Gasteiger partial charge in [0.2, 0.25) is 0 Å². The van der Waals surface area contributed by atoms with E-state index in [1.54, 1.807) is 12.1 Å². The van der Waals surface area contributed by atoms with Gasteiger partial charge in [0, 0.05) is 0 Å². The maximum Gasteiger partial charge on any atom is 0.142 e. The summed E-state index contributed by atoms with van der Waals surface area (Å²) in [4.78, 5) is 5.51. The number of rotatable bonds is 7. The Morgan fingerprint density at radius 3 is 2.45 bits per heavy atom. The Hall–Kier alpha value is -2.16. The van der Waals surface area contributed by atoms with E-state index in [0.717, 1.165) is 35.6 Å². The van der Waals surface area contributed by atoms with E-state index in [0.29, 0.717) is 6.61 Å². The molecule has 0 heterocycles. The van der Waals surface area contributed by atoms with Crippen LogP contribution in [0, 0.1) is 11.7 Å². The van der Waals surface area contributed by atoms with E-state index >= 15 is 0 Å². The first kappa shape index (κ1) is 14.8. The fourth-order valence-electron chi connectivity index (χ4n) is 2.39. The van der Waals surface area contributed by atoms with Crippen molar-refractivity contribution in [2.45, 2.75) is 32.3 Å². The molecular formula is C19H20FNO. The van der Waals surface area contributed by atoms with E-state index < -0.39 is 0 Å². The molecule has 1 aliphatic carbocycles. The molecule has 1 fully saturated rings. The summed E-state index contributed by atoms with van der Waals surface area (Å²) in [5.74, 6) is 0.607. The highest BCUT2D eigenvalue weighted by molar-refractivity contribution is 6.00. The molecular weight excluding hydrogens is 277 g/mol. The van der Waals surface area contributed by atoms with Gasteiger partial charge in [0.15, 0.2) is 0 Å². The predicted molar refractivity (Wildman–Crippen MR) is 86.1 cm³/mol. The summed E-state index contributed by atoms with van der Waals surface area (Å²) in [6.45, 7) is 0.453. The first-order valence-electron chi connectivity index (χ1n) is 7.80. The van der Waals surface area contributed by atoms with E-state index in [4.69, 9.17) is 4.84 Å². The first-order chi connectivity index (χ1) is 10.8. The minimum Gasteiger partial charge on any atom is -0.391 e. The minimum atomic E-state index is -0.226. The van der Waals surface area contributed by atoms with Gasteiger partial charge in [0.1, 0.15) is 12.4 Å². The van der Waals surface area contributed by atoms with Crippen LogP contribution in [0.2, 0.25) is 0 Å². The number of hydrogen-bond acceptors (Lipinski definition) is 2. The van der Waals surface area contributed by atoms with E-state index in [9.17, 15) is 4.39 Å². The standard InChI is InChI=1S/C19H20FNO/c20-18-11-9-17(10-12-18)19(13-8-15-6-7-15)21-22-14-16-4-2-1-3-5-16/h1-5,9-12,15H,6-8,13-14H2/b21-19+. The third kappa shape index (κ3) is 4.42. The lowest BCUT2D eigenvalue weighted by Gasteiger charge is -2.07. The summed E-state index contributed by atoms with van der Waals surface area (Å²) in [6, 6.07) is 16.5. The first-order valence-corrected chi connectivity index (χ1v) is 7.80. The lowest BCUT2D eigenvalue weighted by molar-refractivity contribution is 0.130. The minimum absolute atomic E-state index is 0.226. The van der Waals surface area contributed by atoms with E-state index in [1.165, 1.54) is 25.0 Å². The number of nitrogens with zero attached hydrogens (tertiary/aromatic N) is 1. The van der Waals surface area contributed by atoms with Gasteiger partial charge in [-0.1, -0.05) is 60.5 Å². The molecule has 0 bridgehead atoms. The molecule has 0 amide bonds. The molecule has 1 saturated carbocycles. The Kier molecular flexibility index (Phi) is 4.84. The van der Waals surface area contributed by atoms with Gasteiger partial charge < -0.3 is 4.84 Å². The molecule has 114 valence electrons. The molecule has 0 unspecified atom stereocenters. The number of halogens is 1. The second kappa shape index (κ2) is 7.21. The van der Waals surface area contributed by atoms with Crippen molar-refractivity contribution in [2.24, 2.45) is 11.1 Å². The van der Waals surface area contributed by atoms with Crippen LogP contribution in [0.1, 0.15) is 36.8 Å². The Morgan fingerprint density at radius 2 is 1.77 bits per heavy atom. The topological polar surface area (TPSA) is 21.6 Å². The molecule has 0 aliphatic heterocycles. The van der Waals surface area contributed by atoms with Gasteiger partial charge in [-0.2, -0.15) is 0 Å². The largest absolute Gasteiger partial charge is 0.391 e. The fraction of sp³-hybridized carbons (Fsp3) is 0.316. The molecule has 22 heavy (non-hydrogen) atoms. The SMILES string of the molecule is Fc1ccc(/C(CCC2CC2)=N/OCc2ccccc2)cc1. The highest BCUT2D eigenvalue weighted by Crippen LogP contribution is 2.34. The molecule has 0 atom stereocenters. The predicted octanol–water partition coefficient (Wildman–Crippen LogP) is 4.94. The van der Waals surface area contributed by atoms with Gasteiger partial charge in [-0.25, -0.2) is 4.39 Å². The van der Waals surface area contributed by atoms with Crippen molar-refractivity contribution in [3.8, 4) is 0 Å². The summed E-state index contributed by atoms with van der Waals surface area (Å²) >= 11 is 0. The van der Waals surface area contributed by atoms with Crippen LogP contribution < -0.4 is 0 Å². The van der Waals surface area contributed by atoms with Gasteiger partial charge in [0.25, 0.3) is 0 Å². The second-order valence-electron chi connectivity index (χ2n) is 5.79. The molecule has 3 heteroatoms. The fourth-order valence-corrected chi connectivity index (χ4v) is 2.39. The van der Waals surface area contributed by atoms with Crippen LogP contribution in [0.3, 0.4) is 0 Å². The van der Waals surface area contributed by atoms with E-state index in [-0.39, 0.29) is 5.82 Å². The highest BCUT2D eigenvalue weighted by atomic mass is 19.1. The van der Waals surface area contributed by atoms with Crippen LogP contribution >= 0.6 is 0 Å². The van der Waals surface area contributed by atoms with Gasteiger partial charge >= 0.3 is 0 Å². The average molecular weight is 297 g/mol. The zero-order valence-corrected chi connectivity index (χ0v) is 12.5. The van der Waals surface area contributed by atoms with Crippen molar-refractivity contribution < 1.29 is 9.23 Å². The van der Waals surface area contributed by atoms with Gasteiger partial charge in [0.05, 0.1) is 5.71 Å². The van der Waals surface area contributed by atoms with Crippen LogP contribution in [-0.2, 0) is 11.4 Å². The summed E-state index contributed by atoms with van der Waals surface area (Å²) in [5, 5.41) is 4.31. The van der Waals surface area contributed by atoms with Gasteiger partial charge in [-0.05, 0) is 42.0 Å². The summed E-state index contributed by atoms with van der Waals surface area (Å²) in [7, 11) is 0. The maximum atomic E-state index is 13.1. The van der Waals surface area contributed by atoms with Crippen molar-refractivity contribution >= 4 is 5.71 Å². The van der Waals surface area contributed by atoms with Gasteiger partial charge in [-0.15, -0.1) is 0 Å². The average Bonchev–Trinajstić information content (AvgIpc) is 3.37. The zero-order chi connectivity index (χ0) is 15.2. The van der Waals surface area contributed by atoms with Crippen LogP contribution in [0.5, 0.6) is 0 Å². The Morgan fingerprint density at radius 1 is 1.05 bits per heavy atom. The highest BCUT2D eigenvalue weighted by Gasteiger charge is 2.21. The third-order valence-corrected chi connectivity index (χ3v) is 3.91. The van der Waals surface area contributed by atoms with Crippen LogP contribution in [-0.4, -0.2) is 5.71 Å². The molecule has 0 N–H and O–H groups in total. The molecule has 0 aromatic heterocycles. The Bertz CT molecular complexity index is 618. The summed E-state index contributed by atoms with van der Waals surface area (Å²) < 4.78 is 13.1. The maximum absolute atomic E-state index is 13.1. The Labute approximate surface area is 130 Å². The van der Waals surface area contributed by atoms with Crippen LogP contribution in [0.4, 0.5) is 4.39 Å². The van der Waals surface area contributed by atoms with Crippen molar-refractivity contribution in [1.29, 1.82) is 0 Å².